The average molecular weight is 264 g/mol. The van der Waals surface area contributed by atoms with Gasteiger partial charge in [0.25, 0.3) is 0 Å². The van der Waals surface area contributed by atoms with E-state index in [0.29, 0.717) is 6.10 Å². The van der Waals surface area contributed by atoms with Gasteiger partial charge in [-0.15, -0.1) is 0 Å². The van der Waals surface area contributed by atoms with Crippen molar-refractivity contribution in [1.82, 2.24) is 10.2 Å². The van der Waals surface area contributed by atoms with E-state index in [2.05, 4.69) is 35.3 Å². The first kappa shape index (κ1) is 14.3. The zero-order chi connectivity index (χ0) is 13.7. The van der Waals surface area contributed by atoms with Gasteiger partial charge in [0.2, 0.25) is 0 Å². The number of rotatable bonds is 5. The Balaban J connectivity index is 2.10. The third kappa shape index (κ3) is 3.93. The summed E-state index contributed by atoms with van der Waals surface area (Å²) in [6, 6.07) is 6.40. The molecule has 106 valence electrons. The lowest BCUT2D eigenvalue weighted by Crippen LogP contribution is -2.40. The fourth-order valence-corrected chi connectivity index (χ4v) is 2.54. The van der Waals surface area contributed by atoms with Crippen LogP contribution >= 0.6 is 0 Å². The van der Waals surface area contributed by atoms with Crippen LogP contribution in [0.15, 0.2) is 18.2 Å². The molecule has 1 aliphatic rings. The maximum absolute atomic E-state index is 5.58. The molecule has 19 heavy (non-hydrogen) atoms. The molecule has 1 unspecified atom stereocenters. The summed E-state index contributed by atoms with van der Waals surface area (Å²) in [5, 5.41) is 3.18. The number of morpholine rings is 1. The maximum atomic E-state index is 5.58. The van der Waals surface area contributed by atoms with Crippen LogP contribution in [-0.4, -0.2) is 44.9 Å². The third-order valence-electron chi connectivity index (χ3n) is 3.44. The molecule has 1 fully saturated rings. The first-order valence-corrected chi connectivity index (χ1v) is 6.87. The van der Waals surface area contributed by atoms with Crippen LogP contribution in [0, 0.1) is 0 Å². The molecular weight excluding hydrogens is 240 g/mol. The summed E-state index contributed by atoms with van der Waals surface area (Å²) in [5.41, 5.74) is 2.55. The molecule has 0 saturated carbocycles. The molecule has 1 N–H and O–H groups in total. The summed E-state index contributed by atoms with van der Waals surface area (Å²) in [5.74, 6) is 0.971. The second-order valence-electron chi connectivity index (χ2n) is 5.09. The van der Waals surface area contributed by atoms with Crippen molar-refractivity contribution in [2.24, 2.45) is 0 Å². The van der Waals surface area contributed by atoms with Gasteiger partial charge in [-0.25, -0.2) is 0 Å². The maximum Gasteiger partial charge on any atom is 0.123 e. The minimum Gasteiger partial charge on any atom is -0.496 e. The van der Waals surface area contributed by atoms with Gasteiger partial charge in [0.05, 0.1) is 19.8 Å². The van der Waals surface area contributed by atoms with E-state index in [1.807, 2.05) is 7.05 Å². The highest BCUT2D eigenvalue weighted by atomic mass is 16.5. The number of benzene rings is 1. The summed E-state index contributed by atoms with van der Waals surface area (Å²) in [6.45, 7) is 6.73. The molecule has 0 aliphatic carbocycles. The largest absolute Gasteiger partial charge is 0.496 e. The fraction of sp³-hybridized carbons (Fsp3) is 0.600. The molecular formula is C15H24N2O2. The van der Waals surface area contributed by atoms with E-state index in [1.165, 1.54) is 11.1 Å². The lowest BCUT2D eigenvalue weighted by atomic mass is 10.1. The molecule has 1 atom stereocenters. The van der Waals surface area contributed by atoms with Gasteiger partial charge in [-0.3, -0.25) is 4.90 Å². The zero-order valence-corrected chi connectivity index (χ0v) is 12.1. The molecule has 0 radical (unpaired) electrons. The molecule has 0 amide bonds. The third-order valence-corrected chi connectivity index (χ3v) is 3.44. The van der Waals surface area contributed by atoms with Crippen molar-refractivity contribution in [3.8, 4) is 5.75 Å². The molecule has 1 heterocycles. The number of ether oxygens (including phenoxy) is 2. The van der Waals surface area contributed by atoms with E-state index in [0.717, 1.165) is 38.5 Å². The van der Waals surface area contributed by atoms with Crippen LogP contribution in [0.4, 0.5) is 0 Å². The van der Waals surface area contributed by atoms with Crippen LogP contribution in [0.5, 0.6) is 5.75 Å². The van der Waals surface area contributed by atoms with Crippen molar-refractivity contribution in [2.45, 2.75) is 26.1 Å². The highest BCUT2D eigenvalue weighted by Crippen LogP contribution is 2.22. The van der Waals surface area contributed by atoms with Gasteiger partial charge in [-0.1, -0.05) is 6.07 Å². The van der Waals surface area contributed by atoms with Crippen molar-refractivity contribution in [2.75, 3.05) is 33.9 Å². The molecule has 1 aromatic carbocycles. The Morgan fingerprint density at radius 2 is 2.32 bits per heavy atom. The van der Waals surface area contributed by atoms with E-state index < -0.39 is 0 Å². The second-order valence-corrected chi connectivity index (χ2v) is 5.09. The fourth-order valence-electron chi connectivity index (χ4n) is 2.54. The van der Waals surface area contributed by atoms with E-state index in [9.17, 15) is 0 Å². The quantitative estimate of drug-likeness (QED) is 0.876. The van der Waals surface area contributed by atoms with E-state index in [4.69, 9.17) is 9.47 Å². The number of nitrogens with zero attached hydrogens (tertiary/aromatic N) is 1. The molecule has 0 bridgehead atoms. The van der Waals surface area contributed by atoms with Gasteiger partial charge in [0.15, 0.2) is 0 Å². The zero-order valence-electron chi connectivity index (χ0n) is 12.1. The lowest BCUT2D eigenvalue weighted by Gasteiger charge is -2.31. The Hall–Kier alpha value is -1.10. The van der Waals surface area contributed by atoms with Gasteiger partial charge in [0.1, 0.15) is 5.75 Å². The van der Waals surface area contributed by atoms with E-state index in [1.54, 1.807) is 7.11 Å². The van der Waals surface area contributed by atoms with Gasteiger partial charge < -0.3 is 14.8 Å². The number of methoxy groups -OCH3 is 1. The normalized spacial score (nSPS) is 20.5. The molecule has 0 aromatic heterocycles. The second kappa shape index (κ2) is 6.89. The Morgan fingerprint density at radius 1 is 1.47 bits per heavy atom. The first-order valence-electron chi connectivity index (χ1n) is 6.87. The standard InChI is InChI=1S/C15H24N2O2/c1-12-10-17(6-7-19-12)11-14-8-13(9-16-2)4-5-15(14)18-3/h4-5,8,12,16H,6-7,9-11H2,1-3H3. The first-order chi connectivity index (χ1) is 9.22. The van der Waals surface area contributed by atoms with Crippen LogP contribution in [0.25, 0.3) is 0 Å². The van der Waals surface area contributed by atoms with E-state index >= 15 is 0 Å². The molecule has 1 aromatic rings. The summed E-state index contributed by atoms with van der Waals surface area (Å²) in [4.78, 5) is 2.43. The predicted octanol–water partition coefficient (Wildman–Crippen LogP) is 1.64. The van der Waals surface area contributed by atoms with Crippen LogP contribution in [0.1, 0.15) is 18.1 Å². The van der Waals surface area contributed by atoms with Crippen molar-refractivity contribution in [3.63, 3.8) is 0 Å². The summed E-state index contributed by atoms with van der Waals surface area (Å²) < 4.78 is 11.1. The smallest absolute Gasteiger partial charge is 0.123 e. The predicted molar refractivity (Wildman–Crippen MR) is 76.4 cm³/mol. The van der Waals surface area contributed by atoms with Gasteiger partial charge in [-0.2, -0.15) is 0 Å². The van der Waals surface area contributed by atoms with E-state index in [-0.39, 0.29) is 0 Å². The highest BCUT2D eigenvalue weighted by molar-refractivity contribution is 5.37. The SMILES string of the molecule is CNCc1ccc(OC)c(CN2CCOC(C)C2)c1. The van der Waals surface area contributed by atoms with Crippen LogP contribution in [-0.2, 0) is 17.8 Å². The molecule has 4 nitrogen and oxygen atoms in total. The van der Waals surface area contributed by atoms with Crippen LogP contribution < -0.4 is 10.1 Å². The number of hydrogen-bond acceptors (Lipinski definition) is 4. The van der Waals surface area contributed by atoms with Crippen LogP contribution in [0.3, 0.4) is 0 Å². The lowest BCUT2D eigenvalue weighted by molar-refractivity contribution is -0.0214. The minimum absolute atomic E-state index is 0.320. The van der Waals surface area contributed by atoms with Crippen molar-refractivity contribution in [3.05, 3.63) is 29.3 Å². The van der Waals surface area contributed by atoms with Crippen molar-refractivity contribution >= 4 is 0 Å². The monoisotopic (exact) mass is 264 g/mol. The molecule has 0 spiro atoms. The Labute approximate surface area is 115 Å². The minimum atomic E-state index is 0.320. The highest BCUT2D eigenvalue weighted by Gasteiger charge is 2.18. The number of nitrogens with one attached hydrogen (secondary N) is 1. The summed E-state index contributed by atoms with van der Waals surface area (Å²) in [7, 11) is 3.70. The average Bonchev–Trinajstić information content (AvgIpc) is 2.39. The molecule has 1 aliphatic heterocycles. The molecule has 1 saturated heterocycles. The topological polar surface area (TPSA) is 33.7 Å². The Kier molecular flexibility index (Phi) is 5.19. The van der Waals surface area contributed by atoms with Gasteiger partial charge in [0, 0.05) is 31.7 Å². The van der Waals surface area contributed by atoms with Crippen molar-refractivity contribution < 1.29 is 9.47 Å². The van der Waals surface area contributed by atoms with Crippen molar-refractivity contribution in [1.29, 1.82) is 0 Å². The number of hydrogen-bond donors (Lipinski definition) is 1. The Bertz CT molecular complexity index is 409. The van der Waals surface area contributed by atoms with Gasteiger partial charge in [-0.05, 0) is 31.7 Å². The summed E-state index contributed by atoms with van der Waals surface area (Å²) >= 11 is 0. The Morgan fingerprint density at radius 3 is 3.00 bits per heavy atom. The van der Waals surface area contributed by atoms with Gasteiger partial charge >= 0.3 is 0 Å². The molecule has 2 rings (SSSR count). The summed E-state index contributed by atoms with van der Waals surface area (Å²) in [6.07, 6.45) is 0.320. The molecule has 4 heteroatoms. The van der Waals surface area contributed by atoms with Crippen LogP contribution in [0.2, 0.25) is 0 Å².